The van der Waals surface area contributed by atoms with Gasteiger partial charge in [0.25, 0.3) is 0 Å². The highest BCUT2D eigenvalue weighted by Crippen LogP contribution is 2.33. The maximum Gasteiger partial charge on any atom is 0.310 e. The molecule has 14 nitrogen and oxygen atoms in total. The number of halogens is 6. The predicted molar refractivity (Wildman–Crippen MR) is 284 cm³/mol. The first-order valence-corrected chi connectivity index (χ1v) is 28.1. The number of Topliss-reactive ketones (excluding diaryl/α,β-unsaturated/α-hetero) is 1. The third-order valence-corrected chi connectivity index (χ3v) is 17.1. The first-order valence-electron chi connectivity index (χ1n) is 24.1. The maximum absolute atomic E-state index is 14.9. The summed E-state index contributed by atoms with van der Waals surface area (Å²) in [5, 5.41) is 18.2. The van der Waals surface area contributed by atoms with Gasteiger partial charge in [0.15, 0.2) is 0 Å². The average Bonchev–Trinajstić information content (AvgIpc) is 4.14. The highest BCUT2D eigenvalue weighted by atomic mass is 35.5. The number of nitrogens with two attached hydrogens (primary N) is 1. The van der Waals surface area contributed by atoms with Crippen LogP contribution in [0.5, 0.6) is 0 Å². The van der Waals surface area contributed by atoms with Gasteiger partial charge in [0.1, 0.15) is 29.1 Å². The molecule has 4 aromatic carbocycles. The molecule has 2 aliphatic rings. The van der Waals surface area contributed by atoms with Crippen LogP contribution in [0.25, 0.3) is 11.4 Å². The van der Waals surface area contributed by atoms with Crippen LogP contribution in [0.15, 0.2) is 84.9 Å². The number of rotatable bonds is 12. The molecule has 6 aromatic rings. The summed E-state index contributed by atoms with van der Waals surface area (Å²) in [6.07, 6.45) is 1.47. The fraction of sp³-hybridized carbons (Fsp3) is 0.396. The fourth-order valence-electron chi connectivity index (χ4n) is 8.18. The first kappa shape index (κ1) is 58.5. The van der Waals surface area contributed by atoms with Crippen molar-refractivity contribution >= 4 is 66.4 Å². The van der Waals surface area contributed by atoms with Gasteiger partial charge in [-0.05, 0) is 110 Å². The third kappa shape index (κ3) is 13.8. The molecule has 404 valence electrons. The van der Waals surface area contributed by atoms with Crippen LogP contribution in [0.4, 0.5) is 28.9 Å². The summed E-state index contributed by atoms with van der Waals surface area (Å²) in [6, 6.07) is 20.9. The number of carbonyl (C=O) groups excluding carboxylic acids is 1. The van der Waals surface area contributed by atoms with Gasteiger partial charge in [-0.1, -0.05) is 83.8 Å². The van der Waals surface area contributed by atoms with Gasteiger partial charge in [-0.3, -0.25) is 18.2 Å². The largest absolute Gasteiger partial charge is 0.481 e. The Balaban J connectivity index is 0.000000202. The zero-order valence-corrected chi connectivity index (χ0v) is 46.0. The monoisotopic (exact) mass is 1120 g/mol. The Hall–Kier alpha value is -5.80. The average molecular weight is 1120 g/mol. The lowest BCUT2D eigenvalue weighted by Gasteiger charge is -2.19. The van der Waals surface area contributed by atoms with Gasteiger partial charge < -0.3 is 10.8 Å². The van der Waals surface area contributed by atoms with Crippen molar-refractivity contribution in [2.24, 2.45) is 5.73 Å². The number of aryl methyl sites for hydroxylation is 1. The highest BCUT2D eigenvalue weighted by molar-refractivity contribution is 7.93. The van der Waals surface area contributed by atoms with Gasteiger partial charge in [0.2, 0.25) is 20.0 Å². The van der Waals surface area contributed by atoms with E-state index in [1.165, 1.54) is 49.4 Å². The van der Waals surface area contributed by atoms with E-state index in [2.05, 4.69) is 25.9 Å². The number of sulfonamides is 2. The van der Waals surface area contributed by atoms with E-state index in [4.69, 9.17) is 39.1 Å². The molecule has 0 bridgehead atoms. The minimum Gasteiger partial charge on any atom is -0.481 e. The minimum atomic E-state index is -3.50. The second-order valence-electron chi connectivity index (χ2n) is 20.4. The molecule has 0 aliphatic carbocycles. The topological polar surface area (TPSA) is 191 Å². The zero-order valence-electron chi connectivity index (χ0n) is 42.8. The number of ketones is 1. The molecule has 4 heterocycles. The normalized spacial score (nSPS) is 15.9. The molecule has 0 radical (unpaired) electrons. The fourth-order valence-corrected chi connectivity index (χ4v) is 11.7. The van der Waals surface area contributed by atoms with Gasteiger partial charge in [0, 0.05) is 48.5 Å². The van der Waals surface area contributed by atoms with E-state index in [1.807, 2.05) is 32.9 Å². The van der Waals surface area contributed by atoms with Crippen molar-refractivity contribution in [2.75, 3.05) is 33.2 Å². The van der Waals surface area contributed by atoms with Crippen molar-refractivity contribution in [2.45, 2.75) is 110 Å². The summed E-state index contributed by atoms with van der Waals surface area (Å²) in [4.78, 5) is 23.9. The van der Waals surface area contributed by atoms with Gasteiger partial charge >= 0.3 is 5.97 Å². The van der Waals surface area contributed by atoms with Gasteiger partial charge in [-0.2, -0.15) is 10.2 Å². The van der Waals surface area contributed by atoms with Crippen LogP contribution in [-0.4, -0.2) is 77.9 Å². The van der Waals surface area contributed by atoms with E-state index in [1.54, 1.807) is 40.6 Å². The Morgan fingerprint density at radius 3 is 1.40 bits per heavy atom. The van der Waals surface area contributed by atoms with Crippen molar-refractivity contribution < 1.29 is 49.1 Å². The SMILES string of the molecule is CC(C(=O)CCc1cc(C(C)(C)C)nn1-c1ccc(F)c(Cl)c1)c1ccc(N2CCCS2(=O)=O)c(F)c1.CC(C(=O)O)c1ccc(N2CCCS2(=O)=O)c(F)c1.CC(C)(C)c1cc(CN)n(-c2ccc(F)c(Cl)c2)n1. The van der Waals surface area contributed by atoms with E-state index >= 15 is 0 Å². The maximum atomic E-state index is 14.9. The molecule has 2 saturated heterocycles. The lowest BCUT2D eigenvalue weighted by atomic mass is 9.91. The Morgan fingerprint density at radius 1 is 0.627 bits per heavy atom. The molecule has 3 N–H and O–H groups in total. The van der Waals surface area contributed by atoms with Crippen molar-refractivity contribution in [3.63, 3.8) is 0 Å². The number of nitrogens with zero attached hydrogens (tertiary/aromatic N) is 6. The molecule has 75 heavy (non-hydrogen) atoms. The third-order valence-electron chi connectivity index (χ3n) is 12.8. The quantitative estimate of drug-likeness (QED) is 0.112. The summed E-state index contributed by atoms with van der Waals surface area (Å²) in [7, 11) is -6.94. The van der Waals surface area contributed by atoms with Crippen molar-refractivity contribution in [1.29, 1.82) is 0 Å². The van der Waals surface area contributed by atoms with Crippen molar-refractivity contribution in [3.8, 4) is 11.4 Å². The molecule has 2 fully saturated rings. The van der Waals surface area contributed by atoms with Gasteiger partial charge in [0.05, 0.1) is 67.3 Å². The van der Waals surface area contributed by atoms with E-state index < -0.39 is 61.1 Å². The smallest absolute Gasteiger partial charge is 0.310 e. The molecule has 8 rings (SSSR count). The predicted octanol–water partition coefficient (Wildman–Crippen LogP) is 10.9. The Morgan fingerprint density at radius 2 is 1.04 bits per heavy atom. The number of carboxylic acids is 1. The number of aromatic nitrogens is 4. The number of hydrogen-bond acceptors (Lipinski definition) is 9. The number of benzene rings is 4. The lowest BCUT2D eigenvalue weighted by molar-refractivity contribution is -0.138. The van der Waals surface area contributed by atoms with Crippen LogP contribution in [-0.2, 0) is 53.4 Å². The molecular weight excluding hydrogens is 1060 g/mol. The number of hydrogen-bond donors (Lipinski definition) is 2. The van der Waals surface area contributed by atoms with Crippen LogP contribution >= 0.6 is 23.2 Å². The van der Waals surface area contributed by atoms with Crippen molar-refractivity contribution in [1.82, 2.24) is 19.6 Å². The van der Waals surface area contributed by atoms with Crippen LogP contribution in [0.3, 0.4) is 0 Å². The summed E-state index contributed by atoms with van der Waals surface area (Å²) in [5.74, 6) is -4.90. The first-order chi connectivity index (χ1) is 34.9. The van der Waals surface area contributed by atoms with Gasteiger partial charge in [-0.15, -0.1) is 0 Å². The molecular formula is C53H61Cl2F4N7O7S2. The molecule has 2 unspecified atom stereocenters. The van der Waals surface area contributed by atoms with E-state index in [-0.39, 0.29) is 69.0 Å². The van der Waals surface area contributed by atoms with E-state index in [0.29, 0.717) is 48.3 Å². The summed E-state index contributed by atoms with van der Waals surface area (Å²) in [6.45, 7) is 16.3. The second-order valence-corrected chi connectivity index (χ2v) is 25.3. The standard InChI is InChI=1S/C27H30ClF2N3O3S.C14H17ClFN3.C12H14FNO4S/c1-17(18-6-10-24(23(30)14-18)32-12-5-13-37(32,35)36)25(34)11-8-20-16-26(27(2,3)4)31-33(20)19-7-9-22(29)21(28)15-19;1-14(2,3)13-7-10(8-17)19(18-13)9-4-5-12(16)11(15)6-9;1-8(12(15)16)9-3-4-11(10(13)7-9)14-5-2-6-19(14,17)18/h6-7,9-10,14-17H,5,8,11-13H2,1-4H3;4-7H,8,17H2,1-3H3;3-4,7-8H,2,5-6H2,1H3,(H,15,16). The van der Waals surface area contributed by atoms with Crippen LogP contribution < -0.4 is 14.3 Å². The number of carbonyl (C=O) groups is 2. The summed E-state index contributed by atoms with van der Waals surface area (Å²) >= 11 is 11.8. The van der Waals surface area contributed by atoms with Crippen LogP contribution in [0.1, 0.15) is 120 Å². The minimum absolute atomic E-state index is 0.000713. The number of carboxylic acid groups (broad SMARTS) is 1. The highest BCUT2D eigenvalue weighted by Gasteiger charge is 2.33. The second kappa shape index (κ2) is 23.2. The summed E-state index contributed by atoms with van der Waals surface area (Å²) < 4.78 is 109. The summed E-state index contributed by atoms with van der Waals surface area (Å²) in [5.41, 5.74) is 10.9. The zero-order chi connectivity index (χ0) is 55.5. The molecule has 2 aromatic heterocycles. The molecule has 0 amide bonds. The lowest BCUT2D eigenvalue weighted by Crippen LogP contribution is -2.26. The molecule has 2 aliphatic heterocycles. The Kier molecular flexibility index (Phi) is 18.1. The molecule has 2 atom stereocenters. The van der Waals surface area contributed by atoms with E-state index in [0.717, 1.165) is 37.5 Å². The number of aliphatic carboxylic acids is 1. The van der Waals surface area contributed by atoms with Crippen LogP contribution in [0, 0.1) is 23.3 Å². The molecule has 22 heteroatoms. The Labute approximate surface area is 445 Å². The molecule has 0 saturated carbocycles. The van der Waals surface area contributed by atoms with Gasteiger partial charge in [-0.25, -0.2) is 43.8 Å². The van der Waals surface area contributed by atoms with Crippen LogP contribution in [0.2, 0.25) is 10.0 Å². The molecule has 0 spiro atoms. The Bertz CT molecular complexity index is 3320. The van der Waals surface area contributed by atoms with Crippen molar-refractivity contribution in [3.05, 3.63) is 152 Å². The number of anilines is 2. The van der Waals surface area contributed by atoms with E-state index in [9.17, 15) is 44.0 Å².